The predicted molar refractivity (Wildman–Crippen MR) is 60.3 cm³/mol. The van der Waals surface area contributed by atoms with Crippen molar-refractivity contribution in [2.45, 2.75) is 51.6 Å². The third-order valence-corrected chi connectivity index (χ3v) is 2.57. The summed E-state index contributed by atoms with van der Waals surface area (Å²) in [5.41, 5.74) is 0. The molecule has 0 aromatic heterocycles. The number of aliphatic carboxylic acids is 1. The number of hydrogen-bond donors (Lipinski definition) is 2. The maximum atomic E-state index is 11.8. The van der Waals surface area contributed by atoms with Gasteiger partial charge in [0.15, 0.2) is 0 Å². The van der Waals surface area contributed by atoms with E-state index < -0.39 is 5.97 Å². The van der Waals surface area contributed by atoms with Crippen LogP contribution < -0.4 is 5.32 Å². The number of nitrogens with zero attached hydrogens (tertiary/aromatic N) is 1. The van der Waals surface area contributed by atoms with E-state index >= 15 is 0 Å². The van der Waals surface area contributed by atoms with Crippen LogP contribution in [-0.2, 0) is 4.79 Å². The van der Waals surface area contributed by atoms with Crippen LogP contribution in [0, 0.1) is 0 Å². The summed E-state index contributed by atoms with van der Waals surface area (Å²) in [5, 5.41) is 11.2. The molecule has 0 spiro atoms. The number of hydrogen-bond acceptors (Lipinski definition) is 2. The van der Waals surface area contributed by atoms with E-state index in [1.807, 2.05) is 18.7 Å². The molecular weight excluding hydrogens is 208 g/mol. The second kappa shape index (κ2) is 5.72. The van der Waals surface area contributed by atoms with Crippen LogP contribution in [0.1, 0.15) is 39.5 Å². The molecule has 92 valence electrons. The Hall–Kier alpha value is -1.26. The molecule has 0 bridgehead atoms. The first-order valence-electron chi connectivity index (χ1n) is 5.80. The van der Waals surface area contributed by atoms with Crippen LogP contribution in [-0.4, -0.2) is 40.6 Å². The standard InChI is InChI=1S/C11H20N2O3/c1-8(2)13(9-5-6-9)11(16)12-7-3-4-10(14)15/h8-9H,3-7H2,1-2H3,(H,12,16)(H,14,15). The zero-order valence-electron chi connectivity index (χ0n) is 9.90. The van der Waals surface area contributed by atoms with Gasteiger partial charge >= 0.3 is 12.0 Å². The molecule has 16 heavy (non-hydrogen) atoms. The molecule has 0 unspecified atom stereocenters. The van der Waals surface area contributed by atoms with Gasteiger partial charge in [-0.1, -0.05) is 0 Å². The number of carbonyl (C=O) groups excluding carboxylic acids is 1. The highest BCUT2D eigenvalue weighted by Crippen LogP contribution is 2.28. The van der Waals surface area contributed by atoms with Crippen molar-refractivity contribution in [2.75, 3.05) is 6.54 Å². The Labute approximate surface area is 95.8 Å². The fourth-order valence-corrected chi connectivity index (χ4v) is 1.70. The lowest BCUT2D eigenvalue weighted by Crippen LogP contribution is -2.45. The van der Waals surface area contributed by atoms with Gasteiger partial charge in [0, 0.05) is 25.0 Å². The Bertz CT molecular complexity index is 260. The maximum absolute atomic E-state index is 11.8. The second-order valence-electron chi connectivity index (χ2n) is 4.46. The number of urea groups is 1. The fourth-order valence-electron chi connectivity index (χ4n) is 1.70. The highest BCUT2D eigenvalue weighted by atomic mass is 16.4. The number of carboxylic acid groups (broad SMARTS) is 1. The number of nitrogens with one attached hydrogen (secondary N) is 1. The molecule has 5 heteroatoms. The normalized spacial score (nSPS) is 14.9. The molecule has 0 atom stereocenters. The monoisotopic (exact) mass is 228 g/mol. The van der Waals surface area contributed by atoms with Crippen LogP contribution in [0.25, 0.3) is 0 Å². The van der Waals surface area contributed by atoms with Crippen LogP contribution in [0.2, 0.25) is 0 Å². The molecule has 1 aliphatic rings. The molecule has 2 amide bonds. The van der Waals surface area contributed by atoms with Crippen molar-refractivity contribution in [3.8, 4) is 0 Å². The van der Waals surface area contributed by atoms with E-state index in [1.165, 1.54) is 0 Å². The minimum Gasteiger partial charge on any atom is -0.481 e. The zero-order valence-corrected chi connectivity index (χ0v) is 9.90. The van der Waals surface area contributed by atoms with Gasteiger partial charge in [0.25, 0.3) is 0 Å². The summed E-state index contributed by atoms with van der Waals surface area (Å²) in [6, 6.07) is 0.523. The highest BCUT2D eigenvalue weighted by Gasteiger charge is 2.33. The Morgan fingerprint density at radius 3 is 2.50 bits per heavy atom. The summed E-state index contributed by atoms with van der Waals surface area (Å²) >= 11 is 0. The molecule has 0 aromatic rings. The lowest BCUT2D eigenvalue weighted by molar-refractivity contribution is -0.137. The SMILES string of the molecule is CC(C)N(C(=O)NCCCC(=O)O)C1CC1. The Kier molecular flexibility index (Phi) is 4.58. The maximum Gasteiger partial charge on any atom is 0.317 e. The van der Waals surface area contributed by atoms with E-state index in [0.717, 1.165) is 12.8 Å². The molecule has 0 aromatic carbocycles. The minimum atomic E-state index is -0.822. The summed E-state index contributed by atoms with van der Waals surface area (Å²) in [6.07, 6.45) is 2.75. The molecule has 0 heterocycles. The van der Waals surface area contributed by atoms with Gasteiger partial charge in [0.05, 0.1) is 0 Å². The molecule has 0 aliphatic heterocycles. The molecule has 5 nitrogen and oxygen atoms in total. The Morgan fingerprint density at radius 2 is 2.06 bits per heavy atom. The van der Waals surface area contributed by atoms with Gasteiger partial charge in [-0.3, -0.25) is 4.79 Å². The lowest BCUT2D eigenvalue weighted by atomic mass is 10.3. The van der Waals surface area contributed by atoms with Crippen molar-refractivity contribution in [3.63, 3.8) is 0 Å². The van der Waals surface area contributed by atoms with E-state index in [9.17, 15) is 9.59 Å². The zero-order chi connectivity index (χ0) is 12.1. The first-order chi connectivity index (χ1) is 7.52. The Balaban J connectivity index is 2.24. The van der Waals surface area contributed by atoms with E-state index in [2.05, 4.69) is 5.32 Å². The predicted octanol–water partition coefficient (Wildman–Crippen LogP) is 1.43. The smallest absolute Gasteiger partial charge is 0.317 e. The lowest BCUT2D eigenvalue weighted by Gasteiger charge is -2.26. The van der Waals surface area contributed by atoms with E-state index in [4.69, 9.17) is 5.11 Å². The van der Waals surface area contributed by atoms with Gasteiger partial charge in [0.1, 0.15) is 0 Å². The van der Waals surface area contributed by atoms with Crippen molar-refractivity contribution in [3.05, 3.63) is 0 Å². The van der Waals surface area contributed by atoms with Gasteiger partial charge in [-0.25, -0.2) is 4.79 Å². The van der Waals surface area contributed by atoms with Crippen LogP contribution >= 0.6 is 0 Å². The van der Waals surface area contributed by atoms with Gasteiger partial charge < -0.3 is 15.3 Å². The average molecular weight is 228 g/mol. The van der Waals surface area contributed by atoms with Gasteiger partial charge in [-0.2, -0.15) is 0 Å². The summed E-state index contributed by atoms with van der Waals surface area (Å²) in [6.45, 7) is 4.42. The third-order valence-electron chi connectivity index (χ3n) is 2.57. The molecule has 0 saturated heterocycles. The van der Waals surface area contributed by atoms with Gasteiger partial charge in [-0.15, -0.1) is 0 Å². The largest absolute Gasteiger partial charge is 0.481 e. The average Bonchev–Trinajstić information content (AvgIpc) is 2.96. The van der Waals surface area contributed by atoms with Crippen LogP contribution in [0.3, 0.4) is 0 Å². The number of carboxylic acids is 1. The molecule has 1 saturated carbocycles. The second-order valence-corrected chi connectivity index (χ2v) is 4.46. The fraction of sp³-hybridized carbons (Fsp3) is 0.818. The molecule has 1 rings (SSSR count). The molecule has 0 radical (unpaired) electrons. The Morgan fingerprint density at radius 1 is 1.44 bits per heavy atom. The summed E-state index contributed by atoms with van der Waals surface area (Å²) in [4.78, 5) is 23.9. The van der Waals surface area contributed by atoms with Crippen LogP contribution in [0.4, 0.5) is 4.79 Å². The number of carbonyl (C=O) groups is 2. The topological polar surface area (TPSA) is 69.6 Å². The van der Waals surface area contributed by atoms with Crippen LogP contribution in [0.15, 0.2) is 0 Å². The quantitative estimate of drug-likeness (QED) is 0.676. The van der Waals surface area contributed by atoms with E-state index in [1.54, 1.807) is 0 Å². The molecular formula is C11H20N2O3. The first-order valence-corrected chi connectivity index (χ1v) is 5.80. The van der Waals surface area contributed by atoms with Crippen molar-refractivity contribution in [1.29, 1.82) is 0 Å². The first kappa shape index (κ1) is 12.8. The molecule has 2 N–H and O–H groups in total. The van der Waals surface area contributed by atoms with E-state index in [0.29, 0.717) is 19.0 Å². The molecule has 1 fully saturated rings. The molecule has 1 aliphatic carbocycles. The van der Waals surface area contributed by atoms with Crippen molar-refractivity contribution in [2.24, 2.45) is 0 Å². The minimum absolute atomic E-state index is 0.0668. The van der Waals surface area contributed by atoms with Crippen molar-refractivity contribution in [1.82, 2.24) is 10.2 Å². The third kappa shape index (κ3) is 4.08. The van der Waals surface area contributed by atoms with Crippen molar-refractivity contribution < 1.29 is 14.7 Å². The number of rotatable bonds is 6. The number of amides is 2. The van der Waals surface area contributed by atoms with Crippen LogP contribution in [0.5, 0.6) is 0 Å². The highest BCUT2D eigenvalue weighted by molar-refractivity contribution is 5.75. The summed E-state index contributed by atoms with van der Waals surface area (Å²) < 4.78 is 0. The van der Waals surface area contributed by atoms with Crippen molar-refractivity contribution >= 4 is 12.0 Å². The summed E-state index contributed by atoms with van der Waals surface area (Å²) in [7, 11) is 0. The van der Waals surface area contributed by atoms with Gasteiger partial charge in [0.2, 0.25) is 0 Å². The van der Waals surface area contributed by atoms with E-state index in [-0.39, 0.29) is 18.5 Å². The summed E-state index contributed by atoms with van der Waals surface area (Å²) in [5.74, 6) is -0.822. The van der Waals surface area contributed by atoms with Gasteiger partial charge in [-0.05, 0) is 33.1 Å².